The Morgan fingerprint density at radius 3 is 1.62 bits per heavy atom. The third kappa shape index (κ3) is 3.72. The molecule has 0 spiro atoms. The van der Waals surface area contributed by atoms with Gasteiger partial charge in [-0.05, 0) is 35.6 Å². The standard InChI is InChI=1S/C18H23NP2/c1-13-7-3-5-9-15(13)20-17-11-19-12-18(17)21-16-10-6-4-8-14(16)2/h3-10,17-21H,11-12H2,1-2H3/t17-,18-/m1/s1. The maximum Gasteiger partial charge on any atom is 0.00264 e. The molecule has 2 aromatic carbocycles. The maximum atomic E-state index is 3.62. The van der Waals surface area contributed by atoms with Gasteiger partial charge in [-0.25, -0.2) is 0 Å². The number of aryl methyl sites for hydroxylation is 2. The van der Waals surface area contributed by atoms with E-state index in [-0.39, 0.29) is 0 Å². The van der Waals surface area contributed by atoms with Crippen LogP contribution in [0, 0.1) is 13.8 Å². The normalized spacial score (nSPS) is 22.8. The van der Waals surface area contributed by atoms with Gasteiger partial charge in [0.1, 0.15) is 0 Å². The van der Waals surface area contributed by atoms with Gasteiger partial charge < -0.3 is 5.32 Å². The van der Waals surface area contributed by atoms with Gasteiger partial charge in [0.05, 0.1) is 0 Å². The van der Waals surface area contributed by atoms with Crippen molar-refractivity contribution in [2.45, 2.75) is 25.2 Å². The van der Waals surface area contributed by atoms with Gasteiger partial charge in [0.15, 0.2) is 0 Å². The van der Waals surface area contributed by atoms with Crippen molar-refractivity contribution in [2.24, 2.45) is 0 Å². The van der Waals surface area contributed by atoms with E-state index in [0.717, 1.165) is 28.5 Å². The van der Waals surface area contributed by atoms with Gasteiger partial charge in [-0.3, -0.25) is 0 Å². The molecule has 4 atom stereocenters. The second-order valence-electron chi connectivity index (χ2n) is 5.79. The van der Waals surface area contributed by atoms with Crippen LogP contribution in [0.15, 0.2) is 48.5 Å². The molecular formula is C18H23NP2. The van der Waals surface area contributed by atoms with Gasteiger partial charge in [0.25, 0.3) is 0 Å². The molecule has 1 heterocycles. The quantitative estimate of drug-likeness (QED) is 0.856. The van der Waals surface area contributed by atoms with E-state index >= 15 is 0 Å². The number of rotatable bonds is 4. The molecular weight excluding hydrogens is 292 g/mol. The van der Waals surface area contributed by atoms with Crippen LogP contribution in [-0.4, -0.2) is 24.4 Å². The van der Waals surface area contributed by atoms with Crippen LogP contribution in [0.2, 0.25) is 0 Å². The maximum absolute atomic E-state index is 3.62. The van der Waals surface area contributed by atoms with E-state index in [0.29, 0.717) is 0 Å². The molecule has 0 radical (unpaired) electrons. The van der Waals surface area contributed by atoms with Gasteiger partial charge in [-0.1, -0.05) is 65.7 Å². The highest BCUT2D eigenvalue weighted by Crippen LogP contribution is 2.35. The van der Waals surface area contributed by atoms with Crippen LogP contribution in [-0.2, 0) is 0 Å². The molecule has 0 aromatic heterocycles. The zero-order valence-electron chi connectivity index (χ0n) is 12.7. The van der Waals surface area contributed by atoms with Gasteiger partial charge in [0, 0.05) is 24.4 Å². The molecule has 0 saturated carbocycles. The largest absolute Gasteiger partial charge is 0.315 e. The Bertz CT molecular complexity index is 558. The second kappa shape index (κ2) is 7.01. The third-order valence-electron chi connectivity index (χ3n) is 4.19. The van der Waals surface area contributed by atoms with E-state index in [1.165, 1.54) is 24.2 Å². The fourth-order valence-electron chi connectivity index (χ4n) is 2.85. The summed E-state index contributed by atoms with van der Waals surface area (Å²) in [7, 11) is 1.86. The highest BCUT2D eigenvalue weighted by Gasteiger charge is 2.27. The Balaban J connectivity index is 1.71. The van der Waals surface area contributed by atoms with Crippen LogP contribution < -0.4 is 15.9 Å². The summed E-state index contributed by atoms with van der Waals surface area (Å²) in [5.74, 6) is 0. The molecule has 2 aromatic rings. The van der Waals surface area contributed by atoms with E-state index in [1.807, 2.05) is 0 Å². The summed E-state index contributed by atoms with van der Waals surface area (Å²) in [4.78, 5) is 0. The van der Waals surface area contributed by atoms with Gasteiger partial charge in [0.2, 0.25) is 0 Å². The number of benzene rings is 2. The fraction of sp³-hybridized carbons (Fsp3) is 0.333. The first-order valence-corrected chi connectivity index (χ1v) is 9.74. The minimum Gasteiger partial charge on any atom is -0.315 e. The molecule has 1 fully saturated rings. The zero-order valence-corrected chi connectivity index (χ0v) is 14.7. The van der Waals surface area contributed by atoms with Crippen molar-refractivity contribution in [3.63, 3.8) is 0 Å². The minimum atomic E-state index is 0.795. The number of nitrogens with one attached hydrogen (secondary N) is 1. The number of hydrogen-bond acceptors (Lipinski definition) is 1. The molecule has 2 unspecified atom stereocenters. The molecule has 0 amide bonds. The lowest BCUT2D eigenvalue weighted by Gasteiger charge is -2.20. The van der Waals surface area contributed by atoms with Gasteiger partial charge >= 0.3 is 0 Å². The van der Waals surface area contributed by atoms with Crippen molar-refractivity contribution in [1.82, 2.24) is 5.32 Å². The Hall–Kier alpha value is -0.740. The van der Waals surface area contributed by atoms with Crippen molar-refractivity contribution >= 4 is 27.8 Å². The van der Waals surface area contributed by atoms with E-state index in [1.54, 1.807) is 10.6 Å². The SMILES string of the molecule is Cc1ccccc1P[C@@H]1CNC[C@H]1Pc1ccccc1C. The Kier molecular flexibility index (Phi) is 5.07. The summed E-state index contributed by atoms with van der Waals surface area (Å²) >= 11 is 0. The summed E-state index contributed by atoms with van der Waals surface area (Å²) in [6, 6.07) is 17.7. The summed E-state index contributed by atoms with van der Waals surface area (Å²) in [6.07, 6.45) is 0. The molecule has 21 heavy (non-hydrogen) atoms. The third-order valence-corrected chi connectivity index (χ3v) is 8.22. The second-order valence-corrected chi connectivity index (χ2v) is 8.93. The molecule has 3 rings (SSSR count). The Morgan fingerprint density at radius 2 is 1.19 bits per heavy atom. The Morgan fingerprint density at radius 1 is 0.762 bits per heavy atom. The summed E-state index contributed by atoms with van der Waals surface area (Å²) < 4.78 is 0. The molecule has 110 valence electrons. The van der Waals surface area contributed by atoms with Crippen LogP contribution >= 0.6 is 17.2 Å². The molecule has 0 aliphatic carbocycles. The first-order chi connectivity index (χ1) is 10.2. The molecule has 1 aliphatic rings. The molecule has 1 saturated heterocycles. The van der Waals surface area contributed by atoms with Crippen molar-refractivity contribution in [2.75, 3.05) is 13.1 Å². The summed E-state index contributed by atoms with van der Waals surface area (Å²) in [6.45, 7) is 6.83. The highest BCUT2D eigenvalue weighted by molar-refractivity contribution is 7.52. The molecule has 1 nitrogen and oxygen atoms in total. The molecule has 3 heteroatoms. The molecule has 1 N–H and O–H groups in total. The average Bonchev–Trinajstić information content (AvgIpc) is 2.91. The predicted molar refractivity (Wildman–Crippen MR) is 98.7 cm³/mol. The topological polar surface area (TPSA) is 12.0 Å². The van der Waals surface area contributed by atoms with Crippen molar-refractivity contribution in [3.05, 3.63) is 59.7 Å². The average molecular weight is 315 g/mol. The summed E-state index contributed by atoms with van der Waals surface area (Å²) in [5.41, 5.74) is 4.48. The van der Waals surface area contributed by atoms with Crippen molar-refractivity contribution in [1.29, 1.82) is 0 Å². The minimum absolute atomic E-state index is 0.795. The highest BCUT2D eigenvalue weighted by atomic mass is 31.1. The van der Waals surface area contributed by atoms with Crippen LogP contribution in [0.25, 0.3) is 0 Å². The monoisotopic (exact) mass is 315 g/mol. The first kappa shape index (κ1) is 15.2. The lowest BCUT2D eigenvalue weighted by atomic mass is 10.2. The van der Waals surface area contributed by atoms with E-state index < -0.39 is 0 Å². The van der Waals surface area contributed by atoms with Gasteiger partial charge in [-0.2, -0.15) is 0 Å². The van der Waals surface area contributed by atoms with Crippen LogP contribution in [0.1, 0.15) is 11.1 Å². The summed E-state index contributed by atoms with van der Waals surface area (Å²) in [5, 5.41) is 6.71. The van der Waals surface area contributed by atoms with E-state index in [9.17, 15) is 0 Å². The van der Waals surface area contributed by atoms with Crippen LogP contribution in [0.4, 0.5) is 0 Å². The van der Waals surface area contributed by atoms with Crippen molar-refractivity contribution in [3.8, 4) is 0 Å². The predicted octanol–water partition coefficient (Wildman–Crippen LogP) is 2.95. The lowest BCUT2D eigenvalue weighted by Crippen LogP contribution is -2.21. The van der Waals surface area contributed by atoms with Crippen LogP contribution in [0.3, 0.4) is 0 Å². The van der Waals surface area contributed by atoms with Crippen LogP contribution in [0.5, 0.6) is 0 Å². The van der Waals surface area contributed by atoms with Crippen molar-refractivity contribution < 1.29 is 0 Å². The van der Waals surface area contributed by atoms with E-state index in [4.69, 9.17) is 0 Å². The molecule has 1 aliphatic heterocycles. The van der Waals surface area contributed by atoms with E-state index in [2.05, 4.69) is 67.7 Å². The smallest absolute Gasteiger partial charge is 0.00264 e. The first-order valence-electron chi connectivity index (χ1n) is 7.59. The number of hydrogen-bond donors (Lipinski definition) is 1. The fourth-order valence-corrected chi connectivity index (χ4v) is 6.29. The zero-order chi connectivity index (χ0) is 14.7. The lowest BCUT2D eigenvalue weighted by molar-refractivity contribution is 0.860. The molecule has 0 bridgehead atoms. The Labute approximate surface area is 131 Å². The van der Waals surface area contributed by atoms with Gasteiger partial charge in [-0.15, -0.1) is 0 Å².